The maximum Gasteiger partial charge on any atom is 0.325 e. The number of nitrogens with one attached hydrogen (secondary N) is 1. The van der Waals surface area contributed by atoms with Crippen molar-refractivity contribution in [3.8, 4) is 5.75 Å². The molecule has 0 aliphatic carbocycles. The second-order valence-electron chi connectivity index (χ2n) is 4.22. The molecular weight excluding hydrogens is 248 g/mol. The predicted octanol–water partition coefficient (Wildman–Crippen LogP) is 1.31. The summed E-state index contributed by atoms with van der Waals surface area (Å²) in [5, 5.41) is 11.1. The zero-order valence-electron chi connectivity index (χ0n) is 11.2. The Kier molecular flexibility index (Phi) is 5.17. The van der Waals surface area contributed by atoms with Crippen molar-refractivity contribution in [2.24, 2.45) is 0 Å². The van der Waals surface area contributed by atoms with Gasteiger partial charge in [0, 0.05) is 13.6 Å². The van der Waals surface area contributed by atoms with Gasteiger partial charge in [0.05, 0.1) is 7.11 Å². The van der Waals surface area contributed by atoms with Crippen LogP contribution in [0.3, 0.4) is 0 Å². The summed E-state index contributed by atoms with van der Waals surface area (Å²) < 4.78 is 5.10. The minimum atomic E-state index is -1.07. The summed E-state index contributed by atoms with van der Waals surface area (Å²) >= 11 is 0. The van der Waals surface area contributed by atoms with Crippen molar-refractivity contribution in [3.63, 3.8) is 0 Å². The number of carbonyl (C=O) groups excluding carboxylic acids is 1. The Morgan fingerprint density at radius 2 is 2.16 bits per heavy atom. The van der Waals surface area contributed by atoms with Gasteiger partial charge in [-0.15, -0.1) is 0 Å². The maximum absolute atomic E-state index is 11.7. The third-order valence-corrected chi connectivity index (χ3v) is 2.61. The molecule has 1 rings (SSSR count). The van der Waals surface area contributed by atoms with Gasteiger partial charge >= 0.3 is 12.0 Å². The Morgan fingerprint density at radius 3 is 2.74 bits per heavy atom. The topological polar surface area (TPSA) is 78.9 Å². The van der Waals surface area contributed by atoms with Gasteiger partial charge < -0.3 is 20.1 Å². The third-order valence-electron chi connectivity index (χ3n) is 2.61. The Bertz CT molecular complexity index is 462. The van der Waals surface area contributed by atoms with Gasteiger partial charge in [0.1, 0.15) is 11.8 Å². The van der Waals surface area contributed by atoms with Gasteiger partial charge in [-0.05, 0) is 24.6 Å². The van der Waals surface area contributed by atoms with Gasteiger partial charge in [0.2, 0.25) is 0 Å². The van der Waals surface area contributed by atoms with Gasteiger partial charge in [0.15, 0.2) is 0 Å². The van der Waals surface area contributed by atoms with Crippen LogP contribution in [0.2, 0.25) is 0 Å². The van der Waals surface area contributed by atoms with Gasteiger partial charge in [-0.25, -0.2) is 4.79 Å². The van der Waals surface area contributed by atoms with E-state index in [-0.39, 0.29) is 0 Å². The summed E-state index contributed by atoms with van der Waals surface area (Å²) in [6, 6.07) is 5.99. The molecule has 19 heavy (non-hydrogen) atoms. The molecule has 0 saturated heterocycles. The van der Waals surface area contributed by atoms with Crippen molar-refractivity contribution in [1.82, 2.24) is 10.2 Å². The Labute approximate surface area is 112 Å². The number of nitrogens with zero attached hydrogens (tertiary/aromatic N) is 1. The number of carboxylic acids is 1. The average Bonchev–Trinajstić information content (AvgIpc) is 2.38. The second kappa shape index (κ2) is 6.63. The number of benzene rings is 1. The summed E-state index contributed by atoms with van der Waals surface area (Å²) in [6.45, 7) is 1.79. The normalized spacial score (nSPS) is 11.5. The summed E-state index contributed by atoms with van der Waals surface area (Å²) in [7, 11) is 3.17. The summed E-state index contributed by atoms with van der Waals surface area (Å²) in [4.78, 5) is 23.8. The molecule has 0 bridgehead atoms. The minimum Gasteiger partial charge on any atom is -0.497 e. The van der Waals surface area contributed by atoms with Crippen LogP contribution >= 0.6 is 0 Å². The molecule has 0 aliphatic heterocycles. The van der Waals surface area contributed by atoms with Crippen LogP contribution in [0.15, 0.2) is 24.3 Å². The molecule has 1 aromatic rings. The predicted molar refractivity (Wildman–Crippen MR) is 70.1 cm³/mol. The van der Waals surface area contributed by atoms with Crippen LogP contribution in [0.5, 0.6) is 5.75 Å². The highest BCUT2D eigenvalue weighted by molar-refractivity contribution is 5.82. The SMILES string of the molecule is COc1cccc(CN(C)C(=O)NC(C)C(=O)O)c1. The average molecular weight is 266 g/mol. The number of hydrogen-bond donors (Lipinski definition) is 2. The highest BCUT2D eigenvalue weighted by Crippen LogP contribution is 2.13. The number of amides is 2. The van der Waals surface area contributed by atoms with E-state index in [1.165, 1.54) is 11.8 Å². The van der Waals surface area contributed by atoms with E-state index in [1.54, 1.807) is 14.2 Å². The number of aliphatic carboxylic acids is 1. The Balaban J connectivity index is 2.60. The number of urea groups is 1. The molecule has 2 amide bonds. The largest absolute Gasteiger partial charge is 0.497 e. The van der Waals surface area contributed by atoms with Crippen LogP contribution in [0.1, 0.15) is 12.5 Å². The fourth-order valence-electron chi connectivity index (χ4n) is 1.47. The Hall–Kier alpha value is -2.24. The number of carbonyl (C=O) groups is 2. The molecule has 1 aromatic carbocycles. The molecule has 0 radical (unpaired) electrons. The first-order chi connectivity index (χ1) is 8.93. The lowest BCUT2D eigenvalue weighted by Gasteiger charge is -2.20. The van der Waals surface area contributed by atoms with Gasteiger partial charge in [-0.3, -0.25) is 4.79 Å². The minimum absolute atomic E-state index is 0.370. The summed E-state index contributed by atoms with van der Waals surface area (Å²) in [5.41, 5.74) is 0.903. The molecule has 104 valence electrons. The van der Waals surface area contributed by atoms with E-state index < -0.39 is 18.0 Å². The molecule has 6 nitrogen and oxygen atoms in total. The van der Waals surface area contributed by atoms with Crippen molar-refractivity contribution < 1.29 is 19.4 Å². The number of hydrogen-bond acceptors (Lipinski definition) is 3. The van der Waals surface area contributed by atoms with Gasteiger partial charge in [-0.2, -0.15) is 0 Å². The molecule has 2 N–H and O–H groups in total. The van der Waals surface area contributed by atoms with Gasteiger partial charge in [-0.1, -0.05) is 12.1 Å². The van der Waals surface area contributed by atoms with E-state index in [0.29, 0.717) is 12.3 Å². The molecule has 0 aliphatic rings. The lowest BCUT2D eigenvalue weighted by Crippen LogP contribution is -2.44. The van der Waals surface area contributed by atoms with E-state index in [1.807, 2.05) is 24.3 Å². The van der Waals surface area contributed by atoms with Crippen molar-refractivity contribution in [2.45, 2.75) is 19.5 Å². The summed E-state index contributed by atoms with van der Waals surface area (Å²) in [5.74, 6) is -0.353. The molecule has 0 aromatic heterocycles. The van der Waals surface area contributed by atoms with Crippen molar-refractivity contribution >= 4 is 12.0 Å². The second-order valence-corrected chi connectivity index (χ2v) is 4.22. The van der Waals surface area contributed by atoms with Crippen LogP contribution in [0.4, 0.5) is 4.79 Å². The molecule has 0 spiro atoms. The van der Waals surface area contributed by atoms with Crippen LogP contribution in [0, 0.1) is 0 Å². The van der Waals surface area contributed by atoms with E-state index in [9.17, 15) is 9.59 Å². The van der Waals surface area contributed by atoms with E-state index in [4.69, 9.17) is 9.84 Å². The molecule has 1 unspecified atom stereocenters. The van der Waals surface area contributed by atoms with E-state index in [0.717, 1.165) is 5.56 Å². The first-order valence-corrected chi connectivity index (χ1v) is 5.81. The van der Waals surface area contributed by atoms with Crippen LogP contribution in [0.25, 0.3) is 0 Å². The molecule has 0 saturated carbocycles. The van der Waals surface area contributed by atoms with Crippen LogP contribution in [-0.4, -0.2) is 42.2 Å². The highest BCUT2D eigenvalue weighted by Gasteiger charge is 2.16. The highest BCUT2D eigenvalue weighted by atomic mass is 16.5. The maximum atomic E-state index is 11.7. The van der Waals surface area contributed by atoms with Crippen LogP contribution in [-0.2, 0) is 11.3 Å². The molecule has 1 atom stereocenters. The van der Waals surface area contributed by atoms with E-state index in [2.05, 4.69) is 5.32 Å². The number of ether oxygens (including phenoxy) is 1. The van der Waals surface area contributed by atoms with Gasteiger partial charge in [0.25, 0.3) is 0 Å². The smallest absolute Gasteiger partial charge is 0.325 e. The summed E-state index contributed by atoms with van der Waals surface area (Å²) in [6.07, 6.45) is 0. The fourth-order valence-corrected chi connectivity index (χ4v) is 1.47. The first kappa shape index (κ1) is 14.8. The lowest BCUT2D eigenvalue weighted by atomic mass is 10.2. The van der Waals surface area contributed by atoms with E-state index >= 15 is 0 Å². The number of methoxy groups -OCH3 is 1. The number of rotatable bonds is 5. The molecule has 6 heteroatoms. The zero-order valence-corrected chi connectivity index (χ0v) is 11.2. The first-order valence-electron chi connectivity index (χ1n) is 5.81. The van der Waals surface area contributed by atoms with Crippen LogP contribution < -0.4 is 10.1 Å². The molecule has 0 heterocycles. The zero-order chi connectivity index (χ0) is 14.4. The monoisotopic (exact) mass is 266 g/mol. The number of carboxylic acid groups (broad SMARTS) is 1. The quantitative estimate of drug-likeness (QED) is 0.842. The molecular formula is C13H18N2O4. The molecule has 0 fully saturated rings. The van der Waals surface area contributed by atoms with Crippen molar-refractivity contribution in [1.29, 1.82) is 0 Å². The standard InChI is InChI=1S/C13H18N2O4/c1-9(12(16)17)14-13(18)15(2)8-10-5-4-6-11(7-10)19-3/h4-7,9H,8H2,1-3H3,(H,14,18)(H,16,17). The third kappa shape index (κ3) is 4.50. The van der Waals surface area contributed by atoms with Crippen molar-refractivity contribution in [3.05, 3.63) is 29.8 Å². The Morgan fingerprint density at radius 1 is 1.47 bits per heavy atom. The van der Waals surface area contributed by atoms with Crippen molar-refractivity contribution in [2.75, 3.05) is 14.2 Å². The fraction of sp³-hybridized carbons (Fsp3) is 0.385. The lowest BCUT2D eigenvalue weighted by molar-refractivity contribution is -0.138.